The average Bonchev–Trinajstić information content (AvgIpc) is 3.01. The van der Waals surface area contributed by atoms with E-state index in [2.05, 4.69) is 20.6 Å². The Balaban J connectivity index is 1.88. The van der Waals surface area contributed by atoms with Gasteiger partial charge in [0, 0.05) is 6.54 Å². The largest absolute Gasteiger partial charge is 0.453 e. The van der Waals surface area contributed by atoms with Crippen molar-refractivity contribution in [1.82, 2.24) is 19.8 Å². The number of fused-ring (bicyclic) bond motifs is 1. The van der Waals surface area contributed by atoms with Gasteiger partial charge in [-0.2, -0.15) is 29.0 Å². The van der Waals surface area contributed by atoms with E-state index in [1.165, 1.54) is 6.07 Å². The van der Waals surface area contributed by atoms with Crippen LogP contribution in [0.1, 0.15) is 17.0 Å². The molecule has 0 atom stereocenters. The van der Waals surface area contributed by atoms with E-state index in [4.69, 9.17) is 0 Å². The Morgan fingerprint density at radius 1 is 1.24 bits per heavy atom. The molecule has 9 heteroatoms. The van der Waals surface area contributed by atoms with Crippen molar-refractivity contribution in [1.29, 1.82) is 0 Å². The Labute approximate surface area is 121 Å². The van der Waals surface area contributed by atoms with Crippen LogP contribution in [0.3, 0.4) is 0 Å². The molecule has 3 aromatic rings. The van der Waals surface area contributed by atoms with Gasteiger partial charge in [0.2, 0.25) is 0 Å². The zero-order chi connectivity index (χ0) is 15.0. The summed E-state index contributed by atoms with van der Waals surface area (Å²) in [7, 11) is 0. The Morgan fingerprint density at radius 3 is 2.71 bits per heavy atom. The van der Waals surface area contributed by atoms with Crippen LogP contribution in [0, 0.1) is 6.92 Å². The molecule has 3 aromatic heterocycles. The first-order valence-corrected chi connectivity index (χ1v) is 6.94. The quantitative estimate of drug-likeness (QED) is 0.807. The van der Waals surface area contributed by atoms with Gasteiger partial charge in [-0.1, -0.05) is 0 Å². The van der Waals surface area contributed by atoms with Crippen LogP contribution in [0.15, 0.2) is 22.9 Å². The second kappa shape index (κ2) is 4.99. The zero-order valence-corrected chi connectivity index (χ0v) is 11.7. The molecule has 0 aliphatic carbocycles. The number of hydrogen-bond donors (Lipinski definition) is 1. The van der Waals surface area contributed by atoms with Gasteiger partial charge in [-0.3, -0.25) is 0 Å². The van der Waals surface area contributed by atoms with Crippen molar-refractivity contribution in [2.75, 3.05) is 5.32 Å². The van der Waals surface area contributed by atoms with Gasteiger partial charge in [-0.15, -0.1) is 15.3 Å². The van der Waals surface area contributed by atoms with E-state index >= 15 is 0 Å². The SMILES string of the molecule is Cc1cscc1CNc1ccc2nnc(C(F)(F)F)n2n1. The summed E-state index contributed by atoms with van der Waals surface area (Å²) >= 11 is 1.58. The third-order valence-electron chi connectivity index (χ3n) is 2.94. The van der Waals surface area contributed by atoms with Crippen LogP contribution >= 0.6 is 11.3 Å². The van der Waals surface area contributed by atoms with Gasteiger partial charge >= 0.3 is 6.18 Å². The minimum Gasteiger partial charge on any atom is -0.365 e. The van der Waals surface area contributed by atoms with Crippen molar-refractivity contribution in [3.8, 4) is 0 Å². The van der Waals surface area contributed by atoms with E-state index in [0.29, 0.717) is 16.9 Å². The van der Waals surface area contributed by atoms with Crippen LogP contribution in [0.5, 0.6) is 0 Å². The number of nitrogens with zero attached hydrogens (tertiary/aromatic N) is 4. The maximum Gasteiger partial charge on any atom is 0.453 e. The van der Waals surface area contributed by atoms with Crippen molar-refractivity contribution in [3.63, 3.8) is 0 Å². The highest BCUT2D eigenvalue weighted by Gasteiger charge is 2.37. The fourth-order valence-corrected chi connectivity index (χ4v) is 2.67. The summed E-state index contributed by atoms with van der Waals surface area (Å²) in [5.41, 5.74) is 2.27. The normalized spacial score (nSPS) is 12.0. The molecule has 0 amide bonds. The molecule has 0 saturated heterocycles. The van der Waals surface area contributed by atoms with E-state index in [1.54, 1.807) is 17.4 Å². The zero-order valence-electron chi connectivity index (χ0n) is 10.8. The van der Waals surface area contributed by atoms with E-state index in [9.17, 15) is 13.2 Å². The predicted octanol–water partition coefficient (Wildman–Crippen LogP) is 3.13. The number of hydrogen-bond acceptors (Lipinski definition) is 5. The van der Waals surface area contributed by atoms with Crippen molar-refractivity contribution >= 4 is 22.8 Å². The molecule has 3 rings (SSSR count). The summed E-state index contributed by atoms with van der Waals surface area (Å²) < 4.78 is 39.0. The summed E-state index contributed by atoms with van der Waals surface area (Å²) in [5, 5.41) is 17.5. The number of halogens is 3. The Kier molecular flexibility index (Phi) is 3.28. The summed E-state index contributed by atoms with van der Waals surface area (Å²) in [6.45, 7) is 2.48. The fraction of sp³-hybridized carbons (Fsp3) is 0.250. The first-order chi connectivity index (χ1) is 9.95. The maximum atomic E-state index is 12.8. The minimum absolute atomic E-state index is 0.0552. The van der Waals surface area contributed by atoms with Gasteiger partial charge in [-0.05, 0) is 40.9 Å². The third-order valence-corrected chi connectivity index (χ3v) is 3.85. The lowest BCUT2D eigenvalue weighted by molar-refractivity contribution is -0.146. The maximum absolute atomic E-state index is 12.8. The molecule has 0 bridgehead atoms. The minimum atomic E-state index is -4.59. The molecular formula is C12H10F3N5S. The Bertz CT molecular complexity index is 777. The Hall–Kier alpha value is -2.16. The van der Waals surface area contributed by atoms with E-state index in [1.807, 2.05) is 17.7 Å². The van der Waals surface area contributed by atoms with Crippen LogP contribution < -0.4 is 5.32 Å². The van der Waals surface area contributed by atoms with Gasteiger partial charge in [0.15, 0.2) is 5.65 Å². The molecule has 0 fully saturated rings. The summed E-state index contributed by atoms with van der Waals surface area (Å²) in [6.07, 6.45) is -4.59. The highest BCUT2D eigenvalue weighted by atomic mass is 32.1. The first kappa shape index (κ1) is 13.8. The summed E-state index contributed by atoms with van der Waals surface area (Å²) in [4.78, 5) is 0. The number of thiophene rings is 1. The van der Waals surface area contributed by atoms with Crippen LogP contribution in [0.25, 0.3) is 5.65 Å². The van der Waals surface area contributed by atoms with Gasteiger partial charge in [0.25, 0.3) is 5.82 Å². The highest BCUT2D eigenvalue weighted by molar-refractivity contribution is 7.08. The van der Waals surface area contributed by atoms with Gasteiger partial charge < -0.3 is 5.32 Å². The molecule has 110 valence electrons. The van der Waals surface area contributed by atoms with Crippen LogP contribution in [0.4, 0.5) is 19.0 Å². The number of alkyl halides is 3. The monoisotopic (exact) mass is 313 g/mol. The lowest BCUT2D eigenvalue weighted by atomic mass is 10.2. The predicted molar refractivity (Wildman–Crippen MR) is 72.2 cm³/mol. The van der Waals surface area contributed by atoms with Crippen molar-refractivity contribution in [3.05, 3.63) is 39.8 Å². The smallest absolute Gasteiger partial charge is 0.365 e. The summed E-state index contributed by atoms with van der Waals surface area (Å²) in [5.74, 6) is -0.800. The molecule has 3 heterocycles. The standard InChI is InChI=1S/C12H10F3N5S/c1-7-5-21-6-8(7)4-16-9-2-3-10-17-18-11(12(13,14)15)20(10)19-9/h2-3,5-6H,4H2,1H3,(H,16,19). The lowest BCUT2D eigenvalue weighted by Crippen LogP contribution is -2.13. The molecule has 1 N–H and O–H groups in total. The molecule has 21 heavy (non-hydrogen) atoms. The third kappa shape index (κ3) is 2.68. The van der Waals surface area contributed by atoms with Crippen LogP contribution in [-0.4, -0.2) is 19.8 Å². The average molecular weight is 313 g/mol. The first-order valence-electron chi connectivity index (χ1n) is 6.00. The molecule has 5 nitrogen and oxygen atoms in total. The topological polar surface area (TPSA) is 55.1 Å². The van der Waals surface area contributed by atoms with Crippen molar-refractivity contribution in [2.24, 2.45) is 0 Å². The lowest BCUT2D eigenvalue weighted by Gasteiger charge is -2.07. The van der Waals surface area contributed by atoms with Gasteiger partial charge in [0.05, 0.1) is 0 Å². The summed E-state index contributed by atoms with van der Waals surface area (Å²) in [6, 6.07) is 3.02. The van der Waals surface area contributed by atoms with Gasteiger partial charge in [0.1, 0.15) is 5.82 Å². The molecule has 0 radical (unpaired) electrons. The van der Waals surface area contributed by atoms with Gasteiger partial charge in [-0.25, -0.2) is 0 Å². The van der Waals surface area contributed by atoms with Crippen LogP contribution in [-0.2, 0) is 12.7 Å². The number of anilines is 1. The fourth-order valence-electron chi connectivity index (χ4n) is 1.81. The Morgan fingerprint density at radius 2 is 2.05 bits per heavy atom. The molecule has 0 aliphatic heterocycles. The van der Waals surface area contributed by atoms with Crippen LogP contribution in [0.2, 0.25) is 0 Å². The van der Waals surface area contributed by atoms with E-state index in [0.717, 1.165) is 11.1 Å². The number of aromatic nitrogens is 4. The van der Waals surface area contributed by atoms with E-state index < -0.39 is 12.0 Å². The number of nitrogens with one attached hydrogen (secondary N) is 1. The molecule has 0 unspecified atom stereocenters. The second-order valence-corrected chi connectivity index (χ2v) is 5.19. The number of aryl methyl sites for hydroxylation is 1. The highest BCUT2D eigenvalue weighted by Crippen LogP contribution is 2.27. The molecule has 0 aliphatic rings. The molecule has 0 aromatic carbocycles. The number of rotatable bonds is 3. The second-order valence-electron chi connectivity index (χ2n) is 4.44. The van der Waals surface area contributed by atoms with Crippen molar-refractivity contribution in [2.45, 2.75) is 19.6 Å². The van der Waals surface area contributed by atoms with Crippen molar-refractivity contribution < 1.29 is 13.2 Å². The van der Waals surface area contributed by atoms with E-state index in [-0.39, 0.29) is 5.65 Å². The molecular weight excluding hydrogens is 303 g/mol. The molecule has 0 spiro atoms. The molecule has 0 saturated carbocycles.